The topological polar surface area (TPSA) is 206 Å². The van der Waals surface area contributed by atoms with Gasteiger partial charge in [-0.25, -0.2) is 18.7 Å². The van der Waals surface area contributed by atoms with Crippen molar-refractivity contribution in [3.63, 3.8) is 0 Å². The minimum Gasteiger partial charge on any atom is -0.481 e. The first kappa shape index (κ1) is 35.9. The highest BCUT2D eigenvalue weighted by Crippen LogP contribution is 2.32. The highest BCUT2D eigenvalue weighted by molar-refractivity contribution is 7.17. The standard InChI is InChI=1S/C16H14FN3O3S.C15H12FN3O3S/c1-9(6-14(22)23)5-13(21)19-16-20-15(12(8-18)24-16)10-3-2-4-11(17)7-10;16-10-4-1-3-9(7-10)14-11(8-17)23-15(19-14)18-12(20)5-2-6-13(21)22/h2-4,7,9H,5-6H2,1H3,(H,22,23)(H,19,20,21);1,3-4,7H,2,5-6H2,(H,21,22)(H,18,19,20). The van der Waals surface area contributed by atoms with Gasteiger partial charge < -0.3 is 20.8 Å². The van der Waals surface area contributed by atoms with Crippen LogP contribution >= 0.6 is 22.7 Å². The minimum absolute atomic E-state index is 0.0308. The second-order valence-corrected chi connectivity index (χ2v) is 11.9. The fourth-order valence-corrected chi connectivity index (χ4v) is 5.60. The quantitative estimate of drug-likeness (QED) is 0.132. The first-order valence-electron chi connectivity index (χ1n) is 13.8. The number of carboxylic acids is 2. The second kappa shape index (κ2) is 17.2. The first-order valence-corrected chi connectivity index (χ1v) is 15.4. The Kier molecular flexibility index (Phi) is 13.1. The van der Waals surface area contributed by atoms with Crippen LogP contribution in [0, 0.1) is 40.2 Å². The molecular weight excluding hydrogens is 655 g/mol. The van der Waals surface area contributed by atoms with E-state index in [2.05, 4.69) is 20.6 Å². The molecule has 2 aromatic heterocycles. The van der Waals surface area contributed by atoms with Gasteiger partial charge in [-0.15, -0.1) is 0 Å². The molecule has 0 saturated carbocycles. The molecule has 4 rings (SSSR count). The summed E-state index contributed by atoms with van der Waals surface area (Å²) in [7, 11) is 0. The molecule has 2 heterocycles. The van der Waals surface area contributed by atoms with E-state index in [1.54, 1.807) is 19.1 Å². The Labute approximate surface area is 275 Å². The van der Waals surface area contributed by atoms with Crippen molar-refractivity contribution in [2.24, 2.45) is 5.92 Å². The highest BCUT2D eigenvalue weighted by Gasteiger charge is 2.18. The number of hydrogen-bond donors (Lipinski definition) is 4. The van der Waals surface area contributed by atoms with E-state index in [4.69, 9.17) is 15.5 Å². The van der Waals surface area contributed by atoms with Crippen molar-refractivity contribution in [3.8, 4) is 34.7 Å². The lowest BCUT2D eigenvalue weighted by Crippen LogP contribution is -2.16. The van der Waals surface area contributed by atoms with E-state index in [1.807, 2.05) is 12.1 Å². The number of rotatable bonds is 12. The lowest BCUT2D eigenvalue weighted by Gasteiger charge is -2.07. The summed E-state index contributed by atoms with van der Waals surface area (Å²) >= 11 is 1.97. The van der Waals surface area contributed by atoms with E-state index >= 15 is 0 Å². The molecule has 0 saturated heterocycles. The Bertz CT molecular complexity index is 1860. The number of amides is 2. The summed E-state index contributed by atoms with van der Waals surface area (Å²) in [4.78, 5) is 53.5. The van der Waals surface area contributed by atoms with Crippen LogP contribution in [-0.4, -0.2) is 43.9 Å². The van der Waals surface area contributed by atoms with Gasteiger partial charge in [-0.3, -0.25) is 19.2 Å². The maximum atomic E-state index is 13.3. The maximum Gasteiger partial charge on any atom is 0.303 e. The molecule has 2 aromatic carbocycles. The van der Waals surface area contributed by atoms with Crippen molar-refractivity contribution in [2.75, 3.05) is 10.6 Å². The number of nitriles is 2. The Morgan fingerprint density at radius 2 is 1.28 bits per heavy atom. The molecule has 0 fully saturated rings. The molecule has 47 heavy (non-hydrogen) atoms. The van der Waals surface area contributed by atoms with Gasteiger partial charge in [0, 0.05) is 36.8 Å². The zero-order valence-electron chi connectivity index (χ0n) is 24.6. The number of benzene rings is 2. The fraction of sp³-hybridized carbons (Fsp3) is 0.226. The number of aliphatic carboxylic acids is 2. The predicted molar refractivity (Wildman–Crippen MR) is 169 cm³/mol. The molecule has 1 atom stereocenters. The molecule has 0 bridgehead atoms. The van der Waals surface area contributed by atoms with Crippen LogP contribution in [0.1, 0.15) is 48.8 Å². The molecule has 4 aromatic rings. The molecule has 0 aliphatic rings. The van der Waals surface area contributed by atoms with Crippen molar-refractivity contribution in [2.45, 2.75) is 39.0 Å². The zero-order valence-corrected chi connectivity index (χ0v) is 26.3. The van der Waals surface area contributed by atoms with Crippen LogP contribution in [0.5, 0.6) is 0 Å². The smallest absolute Gasteiger partial charge is 0.303 e. The Morgan fingerprint density at radius 1 is 0.787 bits per heavy atom. The third-order valence-electron chi connectivity index (χ3n) is 6.00. The summed E-state index contributed by atoms with van der Waals surface area (Å²) in [5.41, 5.74) is 1.50. The third kappa shape index (κ3) is 11.4. The molecule has 0 aliphatic carbocycles. The van der Waals surface area contributed by atoms with Crippen molar-refractivity contribution >= 4 is 56.7 Å². The number of carbonyl (C=O) groups is 4. The van der Waals surface area contributed by atoms with E-state index in [-0.39, 0.29) is 69.9 Å². The summed E-state index contributed by atoms with van der Waals surface area (Å²) in [5, 5.41) is 41.1. The van der Waals surface area contributed by atoms with Crippen molar-refractivity contribution < 1.29 is 38.2 Å². The van der Waals surface area contributed by atoms with Gasteiger partial charge in [-0.05, 0) is 36.6 Å². The summed E-state index contributed by atoms with van der Waals surface area (Å²) in [6.07, 6.45) is 0.0904. The average molecular weight is 681 g/mol. The van der Waals surface area contributed by atoms with Crippen LogP contribution < -0.4 is 10.6 Å². The lowest BCUT2D eigenvalue weighted by atomic mass is 10.0. The normalized spacial score (nSPS) is 10.8. The summed E-state index contributed by atoms with van der Waals surface area (Å²) in [6, 6.07) is 15.3. The van der Waals surface area contributed by atoms with E-state index in [0.29, 0.717) is 22.5 Å². The first-order chi connectivity index (χ1) is 22.4. The Morgan fingerprint density at radius 3 is 1.70 bits per heavy atom. The number of anilines is 2. The van der Waals surface area contributed by atoms with Crippen LogP contribution in [0.2, 0.25) is 0 Å². The van der Waals surface area contributed by atoms with Gasteiger partial charge in [0.25, 0.3) is 0 Å². The number of halogens is 2. The molecule has 1 unspecified atom stereocenters. The van der Waals surface area contributed by atoms with Gasteiger partial charge in [0.15, 0.2) is 10.3 Å². The highest BCUT2D eigenvalue weighted by atomic mass is 32.1. The van der Waals surface area contributed by atoms with Crippen LogP contribution in [0.3, 0.4) is 0 Å². The number of nitrogens with zero attached hydrogens (tertiary/aromatic N) is 4. The van der Waals surface area contributed by atoms with Crippen molar-refractivity contribution in [1.82, 2.24) is 9.97 Å². The van der Waals surface area contributed by atoms with Crippen molar-refractivity contribution in [1.29, 1.82) is 10.5 Å². The van der Waals surface area contributed by atoms with Gasteiger partial charge in [0.05, 0.1) is 0 Å². The number of aromatic nitrogens is 2. The summed E-state index contributed by atoms with van der Waals surface area (Å²) in [6.45, 7) is 1.66. The maximum absolute atomic E-state index is 13.3. The molecule has 0 radical (unpaired) electrons. The molecule has 242 valence electrons. The zero-order chi connectivity index (χ0) is 34.5. The Hall–Kier alpha value is -5.58. The van der Waals surface area contributed by atoms with Gasteiger partial charge >= 0.3 is 11.9 Å². The molecular formula is C31H26F2N6O6S2. The number of carbonyl (C=O) groups excluding carboxylic acids is 2. The van der Waals surface area contributed by atoms with Crippen LogP contribution in [-0.2, 0) is 19.2 Å². The van der Waals surface area contributed by atoms with E-state index in [9.17, 15) is 33.2 Å². The molecule has 16 heteroatoms. The number of nitrogens with one attached hydrogen (secondary N) is 2. The van der Waals surface area contributed by atoms with Crippen LogP contribution in [0.15, 0.2) is 48.5 Å². The van der Waals surface area contributed by atoms with Gasteiger partial charge in [0.2, 0.25) is 11.8 Å². The van der Waals surface area contributed by atoms with Gasteiger partial charge in [-0.2, -0.15) is 10.5 Å². The summed E-state index contributed by atoms with van der Waals surface area (Å²) in [5.74, 6) is -3.91. The number of carboxylic acid groups (broad SMARTS) is 2. The minimum atomic E-state index is -0.968. The number of thiazole rings is 2. The summed E-state index contributed by atoms with van der Waals surface area (Å²) < 4.78 is 26.6. The van der Waals surface area contributed by atoms with Gasteiger partial charge in [-0.1, -0.05) is 53.9 Å². The van der Waals surface area contributed by atoms with Crippen LogP contribution in [0.4, 0.5) is 19.0 Å². The molecule has 4 N–H and O–H groups in total. The molecule has 0 aliphatic heterocycles. The van der Waals surface area contributed by atoms with Gasteiger partial charge in [0.1, 0.15) is 44.9 Å². The van der Waals surface area contributed by atoms with E-state index < -0.39 is 23.6 Å². The monoisotopic (exact) mass is 680 g/mol. The lowest BCUT2D eigenvalue weighted by molar-refractivity contribution is -0.138. The van der Waals surface area contributed by atoms with Crippen LogP contribution in [0.25, 0.3) is 22.5 Å². The third-order valence-corrected chi connectivity index (χ3v) is 7.75. The van der Waals surface area contributed by atoms with E-state index in [1.165, 1.54) is 36.4 Å². The largest absolute Gasteiger partial charge is 0.481 e. The average Bonchev–Trinajstić information content (AvgIpc) is 3.60. The molecule has 0 spiro atoms. The Balaban J connectivity index is 0.000000256. The SMILES string of the molecule is CC(CC(=O)O)CC(=O)Nc1nc(-c2cccc(F)c2)c(C#N)s1.N#Cc1sc(NC(=O)CCCC(=O)O)nc1-c1cccc(F)c1. The van der Waals surface area contributed by atoms with Crippen molar-refractivity contribution in [3.05, 3.63) is 69.9 Å². The fourth-order valence-electron chi connectivity index (χ4n) is 4.00. The second-order valence-electron chi connectivity index (χ2n) is 9.89. The van der Waals surface area contributed by atoms with E-state index in [0.717, 1.165) is 22.7 Å². The predicted octanol–water partition coefficient (Wildman–Crippen LogP) is 6.27. The molecule has 12 nitrogen and oxygen atoms in total. The molecule has 2 amide bonds. The number of hydrogen-bond acceptors (Lipinski definition) is 10.